The zero-order valence-corrected chi connectivity index (χ0v) is 5.03. The predicted octanol–water partition coefficient (Wildman–Crippen LogP) is 0.474. The van der Waals surface area contributed by atoms with Gasteiger partial charge in [-0.15, -0.1) is 9.94 Å². The second kappa shape index (κ2) is 1.76. The van der Waals surface area contributed by atoms with Gasteiger partial charge < -0.3 is 4.84 Å². The summed E-state index contributed by atoms with van der Waals surface area (Å²) in [6, 6.07) is 1.85. The lowest BCUT2D eigenvalue weighted by Crippen LogP contribution is -2.13. The van der Waals surface area contributed by atoms with Crippen molar-refractivity contribution in [1.82, 2.24) is 9.94 Å². The van der Waals surface area contributed by atoms with Crippen LogP contribution >= 0.6 is 0 Å². The van der Waals surface area contributed by atoms with E-state index in [0.29, 0.717) is 6.10 Å². The molecule has 0 radical (unpaired) electrons. The molecule has 1 aromatic rings. The van der Waals surface area contributed by atoms with Gasteiger partial charge in [0.05, 0.1) is 12.4 Å². The van der Waals surface area contributed by atoms with Crippen molar-refractivity contribution in [3.63, 3.8) is 0 Å². The standard InChI is InChI=1S/C6H8N2O/c1-4-7-8(5-1)9-6-2-3-6/h1,4-6H,2-3H2. The largest absolute Gasteiger partial charge is 0.394 e. The van der Waals surface area contributed by atoms with Crippen molar-refractivity contribution in [1.29, 1.82) is 0 Å². The van der Waals surface area contributed by atoms with Crippen LogP contribution in [-0.2, 0) is 0 Å². The molecule has 0 N–H and O–H groups in total. The molecule has 2 rings (SSSR count). The van der Waals surface area contributed by atoms with Crippen LogP contribution in [0.3, 0.4) is 0 Å². The molecule has 1 heterocycles. The van der Waals surface area contributed by atoms with Crippen LogP contribution in [0.25, 0.3) is 0 Å². The Morgan fingerprint density at radius 2 is 2.44 bits per heavy atom. The molecule has 1 saturated carbocycles. The lowest BCUT2D eigenvalue weighted by molar-refractivity contribution is 0.0693. The molecule has 0 aromatic carbocycles. The van der Waals surface area contributed by atoms with Gasteiger partial charge in [0.2, 0.25) is 0 Å². The average Bonchev–Trinajstić information content (AvgIpc) is 2.46. The van der Waals surface area contributed by atoms with Crippen LogP contribution in [-0.4, -0.2) is 16.0 Å². The third kappa shape index (κ3) is 1.04. The fourth-order valence-corrected chi connectivity index (χ4v) is 0.643. The maximum atomic E-state index is 5.27. The van der Waals surface area contributed by atoms with E-state index in [1.807, 2.05) is 6.07 Å². The Morgan fingerprint density at radius 3 is 3.00 bits per heavy atom. The van der Waals surface area contributed by atoms with Crippen molar-refractivity contribution in [2.24, 2.45) is 0 Å². The normalized spacial score (nSPS) is 17.8. The molecule has 3 heteroatoms. The molecule has 0 spiro atoms. The van der Waals surface area contributed by atoms with Gasteiger partial charge in [-0.05, 0) is 18.9 Å². The van der Waals surface area contributed by atoms with E-state index < -0.39 is 0 Å². The average molecular weight is 124 g/mol. The van der Waals surface area contributed by atoms with Crippen LogP contribution in [0, 0.1) is 0 Å². The first kappa shape index (κ1) is 4.85. The minimum absolute atomic E-state index is 0.435. The molecule has 0 atom stereocenters. The fourth-order valence-electron chi connectivity index (χ4n) is 0.643. The molecule has 9 heavy (non-hydrogen) atoms. The Hall–Kier alpha value is -0.990. The van der Waals surface area contributed by atoms with Crippen LogP contribution in [0.5, 0.6) is 0 Å². The molecular formula is C6H8N2O. The quantitative estimate of drug-likeness (QED) is 0.573. The molecule has 1 fully saturated rings. The summed E-state index contributed by atoms with van der Waals surface area (Å²) in [5.74, 6) is 0. The zero-order valence-electron chi connectivity index (χ0n) is 5.03. The highest BCUT2D eigenvalue weighted by Gasteiger charge is 2.24. The first-order valence-corrected chi connectivity index (χ1v) is 3.12. The Kier molecular flexibility index (Phi) is 0.946. The third-order valence-corrected chi connectivity index (χ3v) is 1.26. The van der Waals surface area contributed by atoms with Crippen molar-refractivity contribution >= 4 is 0 Å². The molecule has 1 aliphatic carbocycles. The lowest BCUT2D eigenvalue weighted by atomic mass is 10.8. The SMILES string of the molecule is c1cnn(OC2CC2)c1. The summed E-state index contributed by atoms with van der Waals surface area (Å²) in [4.78, 5) is 6.78. The van der Waals surface area contributed by atoms with E-state index >= 15 is 0 Å². The molecule has 0 bridgehead atoms. The highest BCUT2D eigenvalue weighted by Crippen LogP contribution is 2.20. The first-order chi connectivity index (χ1) is 4.45. The smallest absolute Gasteiger partial charge is 0.127 e. The summed E-state index contributed by atoms with van der Waals surface area (Å²) in [6.45, 7) is 0. The molecule has 0 unspecified atom stereocenters. The number of aromatic nitrogens is 2. The second-order valence-electron chi connectivity index (χ2n) is 2.21. The molecule has 1 aliphatic rings. The van der Waals surface area contributed by atoms with E-state index in [0.717, 1.165) is 0 Å². The molecule has 0 amide bonds. The maximum Gasteiger partial charge on any atom is 0.127 e. The number of hydrogen-bond donors (Lipinski definition) is 0. The van der Waals surface area contributed by atoms with E-state index in [4.69, 9.17) is 4.84 Å². The Morgan fingerprint density at radius 1 is 1.56 bits per heavy atom. The minimum Gasteiger partial charge on any atom is -0.394 e. The first-order valence-electron chi connectivity index (χ1n) is 3.12. The van der Waals surface area contributed by atoms with Crippen LogP contribution in [0.15, 0.2) is 18.5 Å². The van der Waals surface area contributed by atoms with Gasteiger partial charge in [-0.3, -0.25) is 0 Å². The van der Waals surface area contributed by atoms with Crippen LogP contribution in [0.2, 0.25) is 0 Å². The Labute approximate surface area is 53.2 Å². The van der Waals surface area contributed by atoms with Gasteiger partial charge in [0.25, 0.3) is 0 Å². The van der Waals surface area contributed by atoms with Crippen molar-refractivity contribution in [3.8, 4) is 0 Å². The van der Waals surface area contributed by atoms with Gasteiger partial charge >= 0.3 is 0 Å². The van der Waals surface area contributed by atoms with E-state index in [1.165, 1.54) is 17.7 Å². The summed E-state index contributed by atoms with van der Waals surface area (Å²) in [6.07, 6.45) is 6.31. The zero-order chi connectivity index (χ0) is 6.10. The van der Waals surface area contributed by atoms with Crippen LogP contribution < -0.4 is 4.84 Å². The molecule has 1 aromatic heterocycles. The van der Waals surface area contributed by atoms with Crippen molar-refractivity contribution in [3.05, 3.63) is 18.5 Å². The monoisotopic (exact) mass is 124 g/mol. The maximum absolute atomic E-state index is 5.27. The lowest BCUT2D eigenvalue weighted by Gasteiger charge is -1.99. The van der Waals surface area contributed by atoms with Crippen LogP contribution in [0.1, 0.15) is 12.8 Å². The van der Waals surface area contributed by atoms with Crippen LogP contribution in [0.4, 0.5) is 0 Å². The van der Waals surface area contributed by atoms with Gasteiger partial charge in [-0.25, -0.2) is 0 Å². The van der Waals surface area contributed by atoms with E-state index in [9.17, 15) is 0 Å². The van der Waals surface area contributed by atoms with Crippen molar-refractivity contribution < 1.29 is 4.84 Å². The van der Waals surface area contributed by atoms with E-state index in [1.54, 1.807) is 12.4 Å². The minimum atomic E-state index is 0.435. The number of rotatable bonds is 2. The Balaban J connectivity index is 1.99. The number of hydrogen-bond acceptors (Lipinski definition) is 2. The second-order valence-corrected chi connectivity index (χ2v) is 2.21. The van der Waals surface area contributed by atoms with Crippen molar-refractivity contribution in [2.45, 2.75) is 18.9 Å². The van der Waals surface area contributed by atoms with Gasteiger partial charge in [0, 0.05) is 0 Å². The molecule has 0 aliphatic heterocycles. The van der Waals surface area contributed by atoms with Gasteiger partial charge in [-0.2, -0.15) is 0 Å². The summed E-state index contributed by atoms with van der Waals surface area (Å²) in [5.41, 5.74) is 0. The Bertz CT molecular complexity index is 179. The fraction of sp³-hybridized carbons (Fsp3) is 0.500. The van der Waals surface area contributed by atoms with Gasteiger partial charge in [-0.1, -0.05) is 0 Å². The topological polar surface area (TPSA) is 27.1 Å². The van der Waals surface area contributed by atoms with E-state index in [-0.39, 0.29) is 0 Å². The van der Waals surface area contributed by atoms with Gasteiger partial charge in [0.1, 0.15) is 6.10 Å². The molecule has 48 valence electrons. The summed E-state index contributed by atoms with van der Waals surface area (Å²) in [7, 11) is 0. The summed E-state index contributed by atoms with van der Waals surface area (Å²) >= 11 is 0. The highest BCUT2D eigenvalue weighted by atomic mass is 16.7. The predicted molar refractivity (Wildman–Crippen MR) is 31.8 cm³/mol. The number of nitrogens with zero attached hydrogens (tertiary/aromatic N) is 2. The highest BCUT2D eigenvalue weighted by molar-refractivity contribution is 4.78. The summed E-state index contributed by atoms with van der Waals surface area (Å²) < 4.78 is 0. The van der Waals surface area contributed by atoms with E-state index in [2.05, 4.69) is 5.10 Å². The molecule has 3 nitrogen and oxygen atoms in total. The molecule has 0 saturated heterocycles. The summed E-state index contributed by atoms with van der Waals surface area (Å²) in [5, 5.41) is 3.89. The molecular weight excluding hydrogens is 116 g/mol. The van der Waals surface area contributed by atoms with Crippen molar-refractivity contribution in [2.75, 3.05) is 0 Å². The van der Waals surface area contributed by atoms with Gasteiger partial charge in [0.15, 0.2) is 0 Å². The third-order valence-electron chi connectivity index (χ3n) is 1.26.